The van der Waals surface area contributed by atoms with Crippen LogP contribution in [0.4, 0.5) is 14.5 Å². The molecule has 1 aromatic carbocycles. The Morgan fingerprint density at radius 1 is 1.19 bits per heavy atom. The van der Waals surface area contributed by atoms with Gasteiger partial charge in [0.1, 0.15) is 11.4 Å². The Bertz CT molecular complexity index is 697. The smallest absolute Gasteiger partial charge is 0.354 e. The lowest BCUT2D eigenvalue weighted by molar-refractivity contribution is 0.0690. The van der Waals surface area contributed by atoms with E-state index in [4.69, 9.17) is 5.11 Å². The van der Waals surface area contributed by atoms with E-state index in [9.17, 15) is 18.4 Å². The Morgan fingerprint density at radius 2 is 1.81 bits per heavy atom. The van der Waals surface area contributed by atoms with Crippen molar-refractivity contribution in [1.29, 1.82) is 0 Å². The SMILES string of the molecule is O=C(Nc1c(F)cc(Br)cc1F)c1ccc(C(=O)O)nc1. The van der Waals surface area contributed by atoms with Gasteiger partial charge in [-0.1, -0.05) is 15.9 Å². The van der Waals surface area contributed by atoms with Crippen LogP contribution in [0.1, 0.15) is 20.8 Å². The fourth-order valence-corrected chi connectivity index (χ4v) is 1.90. The van der Waals surface area contributed by atoms with Gasteiger partial charge in [0.05, 0.1) is 5.56 Å². The summed E-state index contributed by atoms with van der Waals surface area (Å²) in [5.41, 5.74) is -0.861. The van der Waals surface area contributed by atoms with Crippen molar-refractivity contribution in [2.75, 3.05) is 5.32 Å². The van der Waals surface area contributed by atoms with Gasteiger partial charge in [0, 0.05) is 10.7 Å². The maximum absolute atomic E-state index is 13.6. The van der Waals surface area contributed by atoms with Gasteiger partial charge in [-0.05, 0) is 24.3 Å². The summed E-state index contributed by atoms with van der Waals surface area (Å²) in [4.78, 5) is 26.0. The molecule has 0 saturated heterocycles. The largest absolute Gasteiger partial charge is 0.477 e. The average molecular weight is 357 g/mol. The predicted molar refractivity (Wildman–Crippen MR) is 73.2 cm³/mol. The maximum Gasteiger partial charge on any atom is 0.354 e. The van der Waals surface area contributed by atoms with E-state index in [1.54, 1.807) is 0 Å². The number of aromatic nitrogens is 1. The molecule has 0 unspecified atom stereocenters. The van der Waals surface area contributed by atoms with Crippen LogP contribution in [-0.2, 0) is 0 Å². The number of aromatic carboxylic acids is 1. The molecular weight excluding hydrogens is 350 g/mol. The van der Waals surface area contributed by atoms with E-state index in [1.165, 1.54) is 6.07 Å². The Hall–Kier alpha value is -2.35. The first-order valence-corrected chi connectivity index (χ1v) is 6.33. The van der Waals surface area contributed by atoms with Crippen molar-refractivity contribution in [1.82, 2.24) is 4.98 Å². The molecule has 0 bridgehead atoms. The summed E-state index contributed by atoms with van der Waals surface area (Å²) in [6, 6.07) is 4.32. The third-order valence-corrected chi connectivity index (χ3v) is 2.95. The number of carbonyl (C=O) groups excluding carboxylic acids is 1. The van der Waals surface area contributed by atoms with E-state index in [2.05, 4.69) is 26.2 Å². The molecule has 0 fully saturated rings. The summed E-state index contributed by atoms with van der Waals surface area (Å²) in [5.74, 6) is -3.93. The van der Waals surface area contributed by atoms with Crippen LogP contribution in [0, 0.1) is 11.6 Å². The number of anilines is 1. The number of nitrogens with zero attached hydrogens (tertiary/aromatic N) is 1. The van der Waals surface area contributed by atoms with Crippen molar-refractivity contribution < 1.29 is 23.5 Å². The van der Waals surface area contributed by atoms with Crippen LogP contribution in [-0.4, -0.2) is 22.0 Å². The second-order valence-corrected chi connectivity index (χ2v) is 4.85. The molecule has 1 amide bonds. The summed E-state index contributed by atoms with van der Waals surface area (Å²) in [7, 11) is 0. The number of rotatable bonds is 3. The molecule has 0 atom stereocenters. The summed E-state index contributed by atoms with van der Waals surface area (Å²) >= 11 is 2.92. The molecule has 108 valence electrons. The Morgan fingerprint density at radius 3 is 2.29 bits per heavy atom. The van der Waals surface area contributed by atoms with Crippen molar-refractivity contribution in [2.45, 2.75) is 0 Å². The fraction of sp³-hybridized carbons (Fsp3) is 0. The first-order chi connectivity index (χ1) is 9.88. The zero-order valence-electron chi connectivity index (χ0n) is 10.2. The molecule has 2 rings (SSSR count). The number of hydrogen-bond donors (Lipinski definition) is 2. The van der Waals surface area contributed by atoms with Crippen LogP contribution in [0.15, 0.2) is 34.9 Å². The van der Waals surface area contributed by atoms with Gasteiger partial charge in [0.25, 0.3) is 5.91 Å². The Kier molecular flexibility index (Phi) is 4.27. The lowest BCUT2D eigenvalue weighted by Gasteiger charge is -2.08. The molecule has 0 spiro atoms. The lowest BCUT2D eigenvalue weighted by atomic mass is 10.2. The number of nitrogens with one attached hydrogen (secondary N) is 1. The second-order valence-electron chi connectivity index (χ2n) is 3.94. The number of benzene rings is 1. The molecule has 2 N–H and O–H groups in total. The molecule has 0 saturated carbocycles. The summed E-state index contributed by atoms with van der Waals surface area (Å²) < 4.78 is 27.4. The van der Waals surface area contributed by atoms with Crippen LogP contribution in [0.2, 0.25) is 0 Å². The number of carbonyl (C=O) groups is 2. The topological polar surface area (TPSA) is 79.3 Å². The highest BCUT2D eigenvalue weighted by Gasteiger charge is 2.15. The van der Waals surface area contributed by atoms with Crippen molar-refractivity contribution in [3.8, 4) is 0 Å². The van der Waals surface area contributed by atoms with Crippen molar-refractivity contribution in [2.24, 2.45) is 0 Å². The number of pyridine rings is 1. The minimum absolute atomic E-state index is 0.0262. The molecule has 5 nitrogen and oxygen atoms in total. The van der Waals surface area contributed by atoms with E-state index in [-0.39, 0.29) is 15.7 Å². The quantitative estimate of drug-likeness (QED) is 0.885. The van der Waals surface area contributed by atoms with E-state index in [0.717, 1.165) is 24.4 Å². The van der Waals surface area contributed by atoms with Crippen LogP contribution in [0.3, 0.4) is 0 Å². The zero-order chi connectivity index (χ0) is 15.6. The number of amides is 1. The first-order valence-electron chi connectivity index (χ1n) is 5.53. The molecule has 0 aliphatic rings. The highest BCUT2D eigenvalue weighted by Crippen LogP contribution is 2.24. The average Bonchev–Trinajstić information content (AvgIpc) is 2.42. The summed E-state index contributed by atoms with van der Waals surface area (Å²) in [5, 5.41) is 10.8. The zero-order valence-corrected chi connectivity index (χ0v) is 11.8. The highest BCUT2D eigenvalue weighted by molar-refractivity contribution is 9.10. The normalized spacial score (nSPS) is 10.2. The molecule has 0 aliphatic carbocycles. The third kappa shape index (κ3) is 3.40. The van der Waals surface area contributed by atoms with E-state index < -0.39 is 29.2 Å². The van der Waals surface area contributed by atoms with Crippen LogP contribution in [0.25, 0.3) is 0 Å². The molecule has 2 aromatic rings. The van der Waals surface area contributed by atoms with Gasteiger partial charge >= 0.3 is 5.97 Å². The Labute approximate surface area is 125 Å². The number of halogens is 3. The molecule has 8 heteroatoms. The minimum atomic E-state index is -1.24. The maximum atomic E-state index is 13.6. The van der Waals surface area contributed by atoms with Gasteiger partial charge in [-0.25, -0.2) is 18.6 Å². The summed E-state index contributed by atoms with van der Waals surface area (Å²) in [6.45, 7) is 0. The molecule has 1 aromatic heterocycles. The van der Waals surface area contributed by atoms with Gasteiger partial charge in [-0.3, -0.25) is 4.79 Å². The first kappa shape index (κ1) is 15.0. The summed E-state index contributed by atoms with van der Waals surface area (Å²) in [6.07, 6.45) is 1.01. The molecule has 0 radical (unpaired) electrons. The number of carboxylic acid groups (broad SMARTS) is 1. The molecule has 0 aliphatic heterocycles. The standard InChI is InChI=1S/C13H7BrF2N2O3/c14-7-3-8(15)11(9(16)4-7)18-12(19)6-1-2-10(13(20)21)17-5-6/h1-5H,(H,18,19)(H,20,21). The van der Waals surface area contributed by atoms with E-state index >= 15 is 0 Å². The van der Waals surface area contributed by atoms with Crippen molar-refractivity contribution in [3.05, 3.63) is 57.8 Å². The number of hydrogen-bond acceptors (Lipinski definition) is 3. The van der Waals surface area contributed by atoms with Crippen LogP contribution < -0.4 is 5.32 Å². The van der Waals surface area contributed by atoms with Gasteiger partial charge in [0.2, 0.25) is 0 Å². The molecule has 1 heterocycles. The van der Waals surface area contributed by atoms with Gasteiger partial charge in [-0.15, -0.1) is 0 Å². The highest BCUT2D eigenvalue weighted by atomic mass is 79.9. The molecule has 21 heavy (non-hydrogen) atoms. The lowest BCUT2D eigenvalue weighted by Crippen LogP contribution is -2.15. The Balaban J connectivity index is 2.24. The minimum Gasteiger partial charge on any atom is -0.477 e. The van der Waals surface area contributed by atoms with E-state index in [0.29, 0.717) is 0 Å². The third-order valence-electron chi connectivity index (χ3n) is 2.49. The van der Waals surface area contributed by atoms with E-state index in [1.807, 2.05) is 0 Å². The van der Waals surface area contributed by atoms with Gasteiger partial charge in [-0.2, -0.15) is 0 Å². The van der Waals surface area contributed by atoms with Crippen LogP contribution in [0.5, 0.6) is 0 Å². The molecular formula is C13H7BrF2N2O3. The van der Waals surface area contributed by atoms with Gasteiger partial charge < -0.3 is 10.4 Å². The second kappa shape index (κ2) is 5.96. The predicted octanol–water partition coefficient (Wildman–Crippen LogP) is 3.07. The van der Waals surface area contributed by atoms with Gasteiger partial charge in [0.15, 0.2) is 11.6 Å². The number of carboxylic acids is 1. The van der Waals surface area contributed by atoms with Crippen LogP contribution >= 0.6 is 15.9 Å². The monoisotopic (exact) mass is 356 g/mol. The fourth-order valence-electron chi connectivity index (χ4n) is 1.50. The van der Waals surface area contributed by atoms with Crippen molar-refractivity contribution in [3.63, 3.8) is 0 Å². The van der Waals surface area contributed by atoms with Crippen molar-refractivity contribution >= 4 is 33.5 Å².